The average Bonchev–Trinajstić information content (AvgIpc) is 2.70. The van der Waals surface area contributed by atoms with Crippen LogP contribution in [0.3, 0.4) is 0 Å². The molecule has 0 spiro atoms. The molecule has 0 aliphatic rings. The molecule has 2 N–H and O–H groups in total. The third kappa shape index (κ3) is 6.41. The van der Waals surface area contributed by atoms with E-state index in [1.165, 1.54) is 24.3 Å². The lowest BCUT2D eigenvalue weighted by atomic mass is 10.1. The van der Waals surface area contributed by atoms with Gasteiger partial charge >= 0.3 is 17.9 Å². The second-order valence-corrected chi connectivity index (χ2v) is 6.34. The van der Waals surface area contributed by atoms with Crippen molar-refractivity contribution < 1.29 is 38.8 Å². The fourth-order valence-electron chi connectivity index (χ4n) is 2.41. The van der Waals surface area contributed by atoms with Crippen molar-refractivity contribution in [1.82, 2.24) is 0 Å². The van der Waals surface area contributed by atoms with Crippen molar-refractivity contribution >= 4 is 17.9 Å². The van der Waals surface area contributed by atoms with Gasteiger partial charge in [0, 0.05) is 0 Å². The molecule has 154 valence electrons. The molecule has 0 heterocycles. The van der Waals surface area contributed by atoms with Gasteiger partial charge in [0.2, 0.25) is 6.10 Å². The van der Waals surface area contributed by atoms with Crippen molar-refractivity contribution in [2.45, 2.75) is 26.1 Å². The summed E-state index contributed by atoms with van der Waals surface area (Å²) in [6, 6.07) is 12.8. The molecule has 0 aliphatic carbocycles. The standard InChI is InChI=1S/C21H22O8/c1-13-3-7-15(8-4-13)20(25)28-17(11-27-12-22)18(19(23)24)29-21(26)16-9-5-14(2)6-10-16/h3-10,17-18,22H,11-12H2,1-2H3,(H,23,24)/t17-,18+/m0/s1. The van der Waals surface area contributed by atoms with Gasteiger partial charge in [-0.3, -0.25) is 0 Å². The summed E-state index contributed by atoms with van der Waals surface area (Å²) in [4.78, 5) is 36.4. The Kier molecular flexibility index (Phi) is 7.88. The second kappa shape index (κ2) is 10.4. The SMILES string of the molecule is Cc1ccc(C(=O)O[C@@H](COCO)[C@@H](OC(=O)c2ccc(C)cc2)C(=O)O)cc1. The fraction of sp³-hybridized carbons (Fsp3) is 0.286. The number of aliphatic hydroxyl groups is 1. The first-order chi connectivity index (χ1) is 13.8. The molecule has 2 rings (SSSR count). The molecule has 0 aromatic heterocycles. The van der Waals surface area contributed by atoms with E-state index in [2.05, 4.69) is 0 Å². The number of carboxylic acids is 1. The van der Waals surface area contributed by atoms with E-state index >= 15 is 0 Å². The fourth-order valence-corrected chi connectivity index (χ4v) is 2.41. The number of hydrogen-bond acceptors (Lipinski definition) is 7. The van der Waals surface area contributed by atoms with Gasteiger partial charge in [-0.25, -0.2) is 14.4 Å². The summed E-state index contributed by atoms with van der Waals surface area (Å²) in [5, 5.41) is 18.4. The average molecular weight is 402 g/mol. The molecule has 0 fully saturated rings. The van der Waals surface area contributed by atoms with E-state index < -0.39 is 43.5 Å². The number of ether oxygens (including phenoxy) is 3. The van der Waals surface area contributed by atoms with Gasteiger partial charge < -0.3 is 24.4 Å². The number of benzene rings is 2. The van der Waals surface area contributed by atoms with Gasteiger partial charge in [0.25, 0.3) is 0 Å². The highest BCUT2D eigenvalue weighted by Gasteiger charge is 2.36. The van der Waals surface area contributed by atoms with Crippen molar-refractivity contribution in [3.8, 4) is 0 Å². The lowest BCUT2D eigenvalue weighted by Crippen LogP contribution is -2.44. The summed E-state index contributed by atoms with van der Waals surface area (Å²) in [7, 11) is 0. The number of aliphatic carboxylic acids is 1. The molecule has 0 saturated carbocycles. The Hall–Kier alpha value is -3.23. The molecule has 0 saturated heterocycles. The molecule has 0 aliphatic heterocycles. The number of rotatable bonds is 9. The maximum atomic E-state index is 12.4. The first-order valence-corrected chi connectivity index (χ1v) is 8.78. The highest BCUT2D eigenvalue weighted by Crippen LogP contribution is 2.14. The largest absolute Gasteiger partial charge is 0.478 e. The van der Waals surface area contributed by atoms with Gasteiger partial charge in [-0.15, -0.1) is 0 Å². The number of carbonyl (C=O) groups is 3. The molecular formula is C21H22O8. The Morgan fingerprint density at radius 1 is 0.828 bits per heavy atom. The van der Waals surface area contributed by atoms with E-state index in [9.17, 15) is 19.5 Å². The van der Waals surface area contributed by atoms with Crippen molar-refractivity contribution in [2.24, 2.45) is 0 Å². The number of aliphatic hydroxyl groups excluding tert-OH is 1. The van der Waals surface area contributed by atoms with Crippen molar-refractivity contribution in [1.29, 1.82) is 0 Å². The smallest absolute Gasteiger partial charge is 0.349 e. The molecule has 8 heteroatoms. The van der Waals surface area contributed by atoms with E-state index in [0.29, 0.717) is 0 Å². The number of esters is 2. The predicted octanol–water partition coefficient (Wildman–Crippen LogP) is 2.11. The van der Waals surface area contributed by atoms with Crippen LogP contribution in [-0.4, -0.2) is 53.7 Å². The van der Waals surface area contributed by atoms with Crippen LogP contribution in [0.2, 0.25) is 0 Å². The van der Waals surface area contributed by atoms with Crippen LogP contribution in [0.4, 0.5) is 0 Å². The lowest BCUT2D eigenvalue weighted by Gasteiger charge is -2.24. The minimum Gasteiger partial charge on any atom is -0.478 e. The first kappa shape index (κ1) is 22.1. The number of carbonyl (C=O) groups excluding carboxylic acids is 2. The van der Waals surface area contributed by atoms with E-state index in [-0.39, 0.29) is 11.1 Å². The Morgan fingerprint density at radius 3 is 1.69 bits per heavy atom. The quantitative estimate of drug-likeness (QED) is 0.483. The minimum absolute atomic E-state index is 0.147. The summed E-state index contributed by atoms with van der Waals surface area (Å²) in [5.41, 5.74) is 2.18. The summed E-state index contributed by atoms with van der Waals surface area (Å²) in [6.07, 6.45) is -3.30. The topological polar surface area (TPSA) is 119 Å². The highest BCUT2D eigenvalue weighted by molar-refractivity contribution is 5.92. The van der Waals surface area contributed by atoms with Gasteiger partial charge in [0.05, 0.1) is 17.7 Å². The third-order valence-electron chi connectivity index (χ3n) is 4.02. The number of carboxylic acid groups (broad SMARTS) is 1. The van der Waals surface area contributed by atoms with Crippen molar-refractivity contribution in [3.63, 3.8) is 0 Å². The Labute approximate surface area is 167 Å². The summed E-state index contributed by atoms with van der Waals surface area (Å²) >= 11 is 0. The third-order valence-corrected chi connectivity index (χ3v) is 4.02. The molecule has 0 unspecified atom stereocenters. The maximum absolute atomic E-state index is 12.4. The summed E-state index contributed by atoms with van der Waals surface area (Å²) in [6.45, 7) is 2.48. The molecule has 0 amide bonds. The Balaban J connectivity index is 2.19. The molecule has 8 nitrogen and oxygen atoms in total. The number of aryl methyl sites for hydroxylation is 2. The van der Waals surface area contributed by atoms with Gasteiger partial charge in [0.15, 0.2) is 6.10 Å². The predicted molar refractivity (Wildman–Crippen MR) is 101 cm³/mol. The van der Waals surface area contributed by atoms with Crippen LogP contribution in [0, 0.1) is 13.8 Å². The summed E-state index contributed by atoms with van der Waals surface area (Å²) < 4.78 is 15.1. The molecule has 29 heavy (non-hydrogen) atoms. The van der Waals surface area contributed by atoms with Gasteiger partial charge in [-0.05, 0) is 38.1 Å². The zero-order valence-corrected chi connectivity index (χ0v) is 16.0. The molecule has 0 radical (unpaired) electrons. The molecule has 2 aromatic carbocycles. The second-order valence-electron chi connectivity index (χ2n) is 6.34. The first-order valence-electron chi connectivity index (χ1n) is 8.78. The van der Waals surface area contributed by atoms with Crippen LogP contribution in [-0.2, 0) is 19.0 Å². The highest BCUT2D eigenvalue weighted by atomic mass is 16.6. The minimum atomic E-state index is -1.83. The van der Waals surface area contributed by atoms with E-state index in [1.807, 2.05) is 13.8 Å². The Bertz CT molecular complexity index is 842. The zero-order valence-electron chi connectivity index (χ0n) is 16.0. The van der Waals surface area contributed by atoms with E-state index in [1.54, 1.807) is 24.3 Å². The van der Waals surface area contributed by atoms with Crippen LogP contribution in [0.25, 0.3) is 0 Å². The number of hydrogen-bond donors (Lipinski definition) is 2. The lowest BCUT2D eigenvalue weighted by molar-refractivity contribution is -0.158. The van der Waals surface area contributed by atoms with Crippen LogP contribution in [0.15, 0.2) is 48.5 Å². The van der Waals surface area contributed by atoms with Crippen LogP contribution >= 0.6 is 0 Å². The molecular weight excluding hydrogens is 380 g/mol. The molecule has 2 aromatic rings. The van der Waals surface area contributed by atoms with Crippen molar-refractivity contribution in [2.75, 3.05) is 13.4 Å². The van der Waals surface area contributed by atoms with Gasteiger partial charge in [-0.1, -0.05) is 35.4 Å². The van der Waals surface area contributed by atoms with E-state index in [4.69, 9.17) is 19.3 Å². The molecule has 2 atom stereocenters. The van der Waals surface area contributed by atoms with Crippen molar-refractivity contribution in [3.05, 3.63) is 70.8 Å². The Morgan fingerprint density at radius 2 is 1.28 bits per heavy atom. The van der Waals surface area contributed by atoms with Gasteiger partial charge in [0.1, 0.15) is 6.79 Å². The monoisotopic (exact) mass is 402 g/mol. The van der Waals surface area contributed by atoms with Crippen LogP contribution in [0.1, 0.15) is 31.8 Å². The normalized spacial score (nSPS) is 12.7. The summed E-state index contributed by atoms with van der Waals surface area (Å²) in [5.74, 6) is -3.22. The zero-order chi connectivity index (χ0) is 21.4. The van der Waals surface area contributed by atoms with Gasteiger partial charge in [-0.2, -0.15) is 0 Å². The maximum Gasteiger partial charge on any atom is 0.349 e. The molecule has 0 bridgehead atoms. The van der Waals surface area contributed by atoms with Crippen LogP contribution in [0.5, 0.6) is 0 Å². The van der Waals surface area contributed by atoms with Crippen LogP contribution < -0.4 is 0 Å². The van der Waals surface area contributed by atoms with E-state index in [0.717, 1.165) is 11.1 Å².